The van der Waals surface area contributed by atoms with Gasteiger partial charge >= 0.3 is 0 Å². The fraction of sp³-hybridized carbons (Fsp3) is 0.0556. The summed E-state index contributed by atoms with van der Waals surface area (Å²) in [6.07, 6.45) is 1.87. The first-order valence-electron chi connectivity index (χ1n) is 7.11. The summed E-state index contributed by atoms with van der Waals surface area (Å²) < 4.78 is 1.94. The number of phenols is 4. The topological polar surface area (TPSA) is 85.0 Å². The van der Waals surface area contributed by atoms with Gasteiger partial charge < -0.3 is 20.4 Å². The SMILES string of the molecule is Cc1c2cc(O)c(O)cc2cc2c3cc(O)c(O)cc3cc[n+]12. The first-order chi connectivity index (χ1) is 11.0. The number of rotatable bonds is 0. The lowest BCUT2D eigenvalue weighted by Gasteiger charge is -2.07. The van der Waals surface area contributed by atoms with Crippen LogP contribution < -0.4 is 4.40 Å². The fourth-order valence-electron chi connectivity index (χ4n) is 3.06. The number of hydrogen-bond acceptors (Lipinski definition) is 4. The van der Waals surface area contributed by atoms with Crippen LogP contribution in [0.25, 0.3) is 27.1 Å². The predicted octanol–water partition coefficient (Wildman–Crippen LogP) is 2.86. The zero-order chi connectivity index (χ0) is 16.3. The minimum Gasteiger partial charge on any atom is -0.504 e. The first-order valence-corrected chi connectivity index (χ1v) is 7.11. The van der Waals surface area contributed by atoms with Crippen LogP contribution in [-0.4, -0.2) is 20.4 Å². The molecule has 2 heterocycles. The third kappa shape index (κ3) is 1.83. The van der Waals surface area contributed by atoms with Gasteiger partial charge in [-0.05, 0) is 35.0 Å². The average Bonchev–Trinajstić information content (AvgIpc) is 2.51. The number of phenolic OH excluding ortho intramolecular Hbond substituents is 4. The van der Waals surface area contributed by atoms with Crippen molar-refractivity contribution in [2.24, 2.45) is 0 Å². The molecule has 4 aromatic rings. The summed E-state index contributed by atoms with van der Waals surface area (Å²) in [5.74, 6) is -0.690. The maximum atomic E-state index is 9.81. The van der Waals surface area contributed by atoms with Crippen LogP contribution in [0.15, 0.2) is 42.6 Å². The van der Waals surface area contributed by atoms with Gasteiger partial charge in [0, 0.05) is 19.1 Å². The first kappa shape index (κ1) is 13.5. The highest BCUT2D eigenvalue weighted by Crippen LogP contribution is 2.34. The van der Waals surface area contributed by atoms with Gasteiger partial charge in [0.15, 0.2) is 34.9 Å². The Balaban J connectivity index is 2.24. The van der Waals surface area contributed by atoms with Crippen LogP contribution in [0.2, 0.25) is 0 Å². The lowest BCUT2D eigenvalue weighted by atomic mass is 10.0. The van der Waals surface area contributed by atoms with Gasteiger partial charge in [-0.2, -0.15) is 4.40 Å². The van der Waals surface area contributed by atoms with E-state index in [1.165, 1.54) is 24.3 Å². The molecule has 5 heteroatoms. The van der Waals surface area contributed by atoms with E-state index in [9.17, 15) is 20.4 Å². The number of nitrogens with zero attached hydrogens (tertiary/aromatic N) is 1. The quantitative estimate of drug-likeness (QED) is 0.174. The Morgan fingerprint density at radius 1 is 0.696 bits per heavy atom. The highest BCUT2D eigenvalue weighted by molar-refractivity contribution is 5.99. The van der Waals surface area contributed by atoms with Crippen molar-refractivity contribution in [1.29, 1.82) is 0 Å². The van der Waals surface area contributed by atoms with Gasteiger partial charge in [0.2, 0.25) is 5.52 Å². The summed E-state index contributed by atoms with van der Waals surface area (Å²) in [6.45, 7) is 1.91. The molecule has 0 aliphatic carbocycles. The molecule has 4 rings (SSSR count). The van der Waals surface area contributed by atoms with Crippen LogP contribution in [-0.2, 0) is 0 Å². The van der Waals surface area contributed by atoms with Crippen molar-refractivity contribution in [3.05, 3.63) is 48.3 Å². The smallest absolute Gasteiger partial charge is 0.219 e. The van der Waals surface area contributed by atoms with Gasteiger partial charge in [-0.15, -0.1) is 0 Å². The van der Waals surface area contributed by atoms with E-state index in [-0.39, 0.29) is 23.0 Å². The van der Waals surface area contributed by atoms with Crippen molar-refractivity contribution < 1.29 is 24.8 Å². The van der Waals surface area contributed by atoms with Gasteiger partial charge in [-0.1, -0.05) is 0 Å². The molecule has 23 heavy (non-hydrogen) atoms. The van der Waals surface area contributed by atoms with E-state index >= 15 is 0 Å². The Hall–Kier alpha value is -3.21. The van der Waals surface area contributed by atoms with E-state index in [4.69, 9.17) is 0 Å². The minimum atomic E-state index is -0.183. The second kappa shape index (κ2) is 4.39. The van der Waals surface area contributed by atoms with Gasteiger partial charge in [0.1, 0.15) is 0 Å². The minimum absolute atomic E-state index is 0.163. The van der Waals surface area contributed by atoms with Crippen LogP contribution in [0.3, 0.4) is 0 Å². The second-order valence-corrected chi connectivity index (χ2v) is 5.66. The molecule has 2 aromatic carbocycles. The molecule has 5 nitrogen and oxygen atoms in total. The number of hydrogen-bond donors (Lipinski definition) is 4. The Labute approximate surface area is 130 Å². The van der Waals surface area contributed by atoms with E-state index in [1.54, 1.807) is 0 Å². The molecule has 0 spiro atoms. The van der Waals surface area contributed by atoms with Crippen molar-refractivity contribution in [3.8, 4) is 23.0 Å². The van der Waals surface area contributed by atoms with Crippen LogP contribution in [0, 0.1) is 6.92 Å². The Kier molecular flexibility index (Phi) is 2.57. The molecule has 0 aliphatic heterocycles. The maximum Gasteiger partial charge on any atom is 0.219 e. The zero-order valence-electron chi connectivity index (χ0n) is 12.3. The standard InChI is InChI=1S/C18H13NO4/c1-9-12-7-17(22)16(21)6-11(12)4-14-13-8-18(23)15(20)5-10(13)2-3-19(9)14/h2-8H,1H3,(H3,20,21,22,23)/p+1. The third-order valence-corrected chi connectivity index (χ3v) is 4.28. The molecule has 0 unspecified atom stereocenters. The van der Waals surface area contributed by atoms with E-state index < -0.39 is 0 Å². The summed E-state index contributed by atoms with van der Waals surface area (Å²) >= 11 is 0. The van der Waals surface area contributed by atoms with Gasteiger partial charge in [-0.3, -0.25) is 0 Å². The van der Waals surface area contributed by atoms with Crippen molar-refractivity contribution in [1.82, 2.24) is 0 Å². The van der Waals surface area contributed by atoms with Gasteiger partial charge in [0.25, 0.3) is 0 Å². The molecule has 0 radical (unpaired) electrons. The van der Waals surface area contributed by atoms with Crippen molar-refractivity contribution >= 4 is 27.1 Å². The molecule has 0 saturated carbocycles. The lowest BCUT2D eigenvalue weighted by molar-refractivity contribution is -0.516. The third-order valence-electron chi connectivity index (χ3n) is 4.28. The predicted molar refractivity (Wildman–Crippen MR) is 86.0 cm³/mol. The molecule has 0 bridgehead atoms. The highest BCUT2D eigenvalue weighted by Gasteiger charge is 2.17. The van der Waals surface area contributed by atoms with E-state index in [0.29, 0.717) is 0 Å². The van der Waals surface area contributed by atoms with Crippen LogP contribution in [0.4, 0.5) is 0 Å². The van der Waals surface area contributed by atoms with Crippen LogP contribution >= 0.6 is 0 Å². The molecular weight excluding hydrogens is 294 g/mol. The number of benzene rings is 2. The second-order valence-electron chi connectivity index (χ2n) is 5.66. The molecule has 4 N–H and O–H groups in total. The summed E-state index contributed by atoms with van der Waals surface area (Å²) in [6, 6.07) is 9.80. The van der Waals surface area contributed by atoms with E-state index in [1.807, 2.05) is 29.7 Å². The van der Waals surface area contributed by atoms with E-state index in [2.05, 4.69) is 0 Å². The Bertz CT molecular complexity index is 1120. The summed E-state index contributed by atoms with van der Waals surface area (Å²) in [7, 11) is 0. The fourth-order valence-corrected chi connectivity index (χ4v) is 3.06. The summed E-state index contributed by atoms with van der Waals surface area (Å²) in [5, 5.41) is 42.1. The highest BCUT2D eigenvalue weighted by atomic mass is 16.3. The molecule has 0 amide bonds. The largest absolute Gasteiger partial charge is 0.504 e. The number of pyridine rings is 2. The van der Waals surface area contributed by atoms with Crippen LogP contribution in [0.1, 0.15) is 5.69 Å². The van der Waals surface area contributed by atoms with Gasteiger partial charge in [-0.25, -0.2) is 0 Å². The van der Waals surface area contributed by atoms with Crippen molar-refractivity contribution in [2.45, 2.75) is 6.92 Å². The molecule has 0 atom stereocenters. The number of aromatic nitrogens is 1. The number of fused-ring (bicyclic) bond motifs is 4. The van der Waals surface area contributed by atoms with E-state index in [0.717, 1.165) is 32.8 Å². The maximum absolute atomic E-state index is 9.81. The van der Waals surface area contributed by atoms with Crippen molar-refractivity contribution in [2.75, 3.05) is 0 Å². The summed E-state index contributed by atoms with van der Waals surface area (Å²) in [4.78, 5) is 0. The average molecular weight is 308 g/mol. The number of aromatic hydroxyl groups is 4. The van der Waals surface area contributed by atoms with Crippen LogP contribution in [0.5, 0.6) is 23.0 Å². The number of aryl methyl sites for hydroxylation is 1. The molecule has 114 valence electrons. The molecule has 0 aliphatic rings. The monoisotopic (exact) mass is 308 g/mol. The molecular formula is C18H14NO4+. The normalized spacial score (nSPS) is 11.5. The van der Waals surface area contributed by atoms with Crippen molar-refractivity contribution in [3.63, 3.8) is 0 Å². The zero-order valence-corrected chi connectivity index (χ0v) is 12.3. The Morgan fingerprint density at radius 3 is 1.96 bits per heavy atom. The molecule has 0 saturated heterocycles. The van der Waals surface area contributed by atoms with Gasteiger partial charge in [0.05, 0.1) is 10.8 Å². The Morgan fingerprint density at radius 2 is 1.26 bits per heavy atom. The molecule has 2 aromatic heterocycles. The lowest BCUT2D eigenvalue weighted by Crippen LogP contribution is -2.25. The molecule has 0 fully saturated rings. The summed E-state index contributed by atoms with van der Waals surface area (Å²) in [5.41, 5.74) is 1.72.